The van der Waals surface area contributed by atoms with E-state index in [0.29, 0.717) is 11.4 Å². The van der Waals surface area contributed by atoms with Gasteiger partial charge >= 0.3 is 12.3 Å². The van der Waals surface area contributed by atoms with Crippen molar-refractivity contribution in [1.82, 2.24) is 9.97 Å². The number of nitrogens with zero attached hydrogens (tertiary/aromatic N) is 2. The monoisotopic (exact) mass is 383 g/mol. The Bertz CT molecular complexity index is 790. The van der Waals surface area contributed by atoms with Crippen LogP contribution < -0.4 is 10.1 Å². The van der Waals surface area contributed by atoms with Crippen LogP contribution in [-0.2, 0) is 4.74 Å². The first kappa shape index (κ1) is 20.5. The Hall–Kier alpha value is -2.84. The second-order valence-electron chi connectivity index (χ2n) is 6.48. The minimum absolute atomic E-state index is 0.0395. The van der Waals surface area contributed by atoms with Crippen molar-refractivity contribution in [3.63, 3.8) is 0 Å². The molecule has 1 amide bonds. The Morgan fingerprint density at radius 1 is 1.11 bits per heavy atom. The molecule has 2 rings (SSSR count). The van der Waals surface area contributed by atoms with E-state index >= 15 is 0 Å². The number of ether oxygens (including phenoxy) is 2. The summed E-state index contributed by atoms with van der Waals surface area (Å²) >= 11 is 0. The van der Waals surface area contributed by atoms with Crippen molar-refractivity contribution < 1.29 is 27.4 Å². The van der Waals surface area contributed by atoms with Crippen molar-refractivity contribution in [2.75, 3.05) is 5.32 Å². The second kappa shape index (κ2) is 7.81. The Balaban J connectivity index is 2.10. The number of halogens is 3. The van der Waals surface area contributed by atoms with E-state index in [-0.39, 0.29) is 12.1 Å². The van der Waals surface area contributed by atoms with Gasteiger partial charge < -0.3 is 9.47 Å². The van der Waals surface area contributed by atoms with Crippen LogP contribution >= 0.6 is 0 Å². The lowest BCUT2D eigenvalue weighted by molar-refractivity contribution is -0.242. The van der Waals surface area contributed by atoms with Crippen LogP contribution in [0.25, 0.3) is 11.3 Å². The molecule has 0 saturated heterocycles. The van der Waals surface area contributed by atoms with E-state index in [1.807, 2.05) is 13.8 Å². The van der Waals surface area contributed by atoms with Gasteiger partial charge in [0.05, 0.1) is 11.8 Å². The number of hydrogen-bond donors (Lipinski definition) is 1. The normalized spacial score (nSPS) is 12.0. The second-order valence-corrected chi connectivity index (χ2v) is 6.48. The summed E-state index contributed by atoms with van der Waals surface area (Å²) in [6.45, 7) is 5.33. The minimum atomic E-state index is -4.70. The third-order valence-electron chi connectivity index (χ3n) is 3.42. The smallest absolute Gasteiger partial charge is 0.427 e. The van der Waals surface area contributed by atoms with Gasteiger partial charge in [0.2, 0.25) is 11.5 Å². The highest BCUT2D eigenvalue weighted by atomic mass is 19.4. The number of hydrogen-bond acceptors (Lipinski definition) is 5. The molecule has 0 radical (unpaired) electrons. The Kier molecular flexibility index (Phi) is 5.92. The van der Waals surface area contributed by atoms with Crippen LogP contribution in [0.15, 0.2) is 36.5 Å². The first-order chi connectivity index (χ1) is 12.5. The molecule has 27 heavy (non-hydrogen) atoms. The summed E-state index contributed by atoms with van der Waals surface area (Å²) in [7, 11) is 0. The van der Waals surface area contributed by atoms with Gasteiger partial charge in [-0.25, -0.2) is 14.8 Å². The molecule has 0 aliphatic carbocycles. The summed E-state index contributed by atoms with van der Waals surface area (Å²) in [5, 5.41) is 2.11. The van der Waals surface area contributed by atoms with E-state index < -0.39 is 17.9 Å². The molecule has 9 heteroatoms. The van der Waals surface area contributed by atoms with Gasteiger partial charge in [0.15, 0.2) is 0 Å². The maximum atomic E-state index is 12.8. The summed E-state index contributed by atoms with van der Waals surface area (Å²) < 4.78 is 48.3. The lowest BCUT2D eigenvalue weighted by Gasteiger charge is -2.27. The fourth-order valence-electron chi connectivity index (χ4n) is 1.96. The number of benzene rings is 1. The molecule has 1 aromatic carbocycles. The molecule has 1 heterocycles. The highest BCUT2D eigenvalue weighted by molar-refractivity contribution is 5.83. The first-order valence-corrected chi connectivity index (χ1v) is 8.15. The van der Waals surface area contributed by atoms with Crippen molar-refractivity contribution in [2.24, 2.45) is 0 Å². The maximum Gasteiger partial charge on any atom is 0.427 e. The number of alkyl halides is 3. The number of carbonyl (C=O) groups is 1. The van der Waals surface area contributed by atoms with Crippen LogP contribution in [-0.4, -0.2) is 33.9 Å². The Labute approximate surface area is 154 Å². The van der Waals surface area contributed by atoms with Crippen molar-refractivity contribution in [3.8, 4) is 17.0 Å². The lowest BCUT2D eigenvalue weighted by Crippen LogP contribution is -2.44. The van der Waals surface area contributed by atoms with E-state index in [4.69, 9.17) is 4.74 Å². The molecular formula is C18H20F3N3O3. The number of amides is 1. The summed E-state index contributed by atoms with van der Waals surface area (Å²) in [5.74, 6) is 0.525. The largest absolute Gasteiger partial charge is 0.491 e. The topological polar surface area (TPSA) is 73.3 Å². The van der Waals surface area contributed by atoms with E-state index in [0.717, 1.165) is 19.4 Å². The van der Waals surface area contributed by atoms with Gasteiger partial charge in [-0.15, -0.1) is 0 Å². The predicted molar refractivity (Wildman–Crippen MR) is 93.5 cm³/mol. The number of carbonyl (C=O) groups excluding carboxylic acids is 1. The Morgan fingerprint density at radius 2 is 1.74 bits per heavy atom. The summed E-state index contributed by atoms with van der Waals surface area (Å²) in [4.78, 5) is 19.7. The zero-order chi connectivity index (χ0) is 20.2. The zero-order valence-electron chi connectivity index (χ0n) is 15.3. The van der Waals surface area contributed by atoms with Crippen molar-refractivity contribution >= 4 is 12.0 Å². The van der Waals surface area contributed by atoms with Crippen molar-refractivity contribution in [2.45, 2.75) is 45.6 Å². The molecule has 0 aliphatic rings. The predicted octanol–water partition coefficient (Wildman–Crippen LogP) is 4.82. The van der Waals surface area contributed by atoms with Crippen LogP contribution in [0.3, 0.4) is 0 Å². The minimum Gasteiger partial charge on any atom is -0.491 e. The number of nitrogens with one attached hydrogen (secondary N) is 1. The lowest BCUT2D eigenvalue weighted by atomic mass is 10.1. The fraction of sp³-hybridized carbons (Fsp3) is 0.389. The van der Waals surface area contributed by atoms with Gasteiger partial charge in [-0.1, -0.05) is 0 Å². The molecule has 0 atom stereocenters. The Morgan fingerprint density at radius 3 is 2.30 bits per heavy atom. The molecule has 0 unspecified atom stereocenters. The standard InChI is InChI=1S/C18H20F3N3O3/c1-11(2)26-13-7-5-12(6-8-13)14-9-10-22-15(23-14)24-16(25)27-17(3,4)18(19,20)21/h5-11H,1-4H3,(H,22,23,24,25). The third-order valence-corrected chi connectivity index (χ3v) is 3.42. The van der Waals surface area contributed by atoms with Gasteiger partial charge in [-0.05, 0) is 58.0 Å². The SMILES string of the molecule is CC(C)Oc1ccc(-c2ccnc(NC(=O)OC(C)(C)C(F)(F)F)n2)cc1. The van der Waals surface area contributed by atoms with Crippen LogP contribution in [0, 0.1) is 0 Å². The molecular weight excluding hydrogens is 363 g/mol. The molecule has 0 saturated carbocycles. The average molecular weight is 383 g/mol. The van der Waals surface area contributed by atoms with Gasteiger partial charge in [-0.3, -0.25) is 5.32 Å². The van der Waals surface area contributed by atoms with Crippen molar-refractivity contribution in [1.29, 1.82) is 0 Å². The maximum absolute atomic E-state index is 12.8. The fourth-order valence-corrected chi connectivity index (χ4v) is 1.96. The number of rotatable bonds is 5. The molecule has 146 valence electrons. The molecule has 0 bridgehead atoms. The van der Waals surface area contributed by atoms with E-state index in [9.17, 15) is 18.0 Å². The quantitative estimate of drug-likeness (QED) is 0.801. The zero-order valence-corrected chi connectivity index (χ0v) is 15.3. The number of aromatic nitrogens is 2. The highest BCUT2D eigenvalue weighted by Crippen LogP contribution is 2.33. The van der Waals surface area contributed by atoms with Crippen LogP contribution in [0.4, 0.5) is 23.9 Å². The van der Waals surface area contributed by atoms with E-state index in [2.05, 4.69) is 20.0 Å². The molecule has 0 fully saturated rings. The summed E-state index contributed by atoms with van der Waals surface area (Å²) in [6, 6.07) is 8.69. The van der Waals surface area contributed by atoms with Crippen LogP contribution in [0.5, 0.6) is 5.75 Å². The molecule has 6 nitrogen and oxygen atoms in total. The van der Waals surface area contributed by atoms with E-state index in [1.165, 1.54) is 6.20 Å². The highest BCUT2D eigenvalue weighted by Gasteiger charge is 2.51. The third kappa shape index (κ3) is 5.57. The van der Waals surface area contributed by atoms with Crippen LogP contribution in [0.1, 0.15) is 27.7 Å². The van der Waals surface area contributed by atoms with Gasteiger partial charge in [0.25, 0.3) is 0 Å². The summed E-state index contributed by atoms with van der Waals surface area (Å²) in [5.41, 5.74) is -1.44. The molecule has 0 spiro atoms. The molecule has 2 aromatic rings. The van der Waals surface area contributed by atoms with Crippen LogP contribution in [0.2, 0.25) is 0 Å². The molecule has 1 aromatic heterocycles. The van der Waals surface area contributed by atoms with Crippen molar-refractivity contribution in [3.05, 3.63) is 36.5 Å². The average Bonchev–Trinajstić information content (AvgIpc) is 2.53. The van der Waals surface area contributed by atoms with Gasteiger partial charge in [0, 0.05) is 11.8 Å². The molecule has 1 N–H and O–H groups in total. The molecule has 0 aliphatic heterocycles. The summed E-state index contributed by atoms with van der Waals surface area (Å²) in [6.07, 6.45) is -4.58. The van der Waals surface area contributed by atoms with E-state index in [1.54, 1.807) is 30.3 Å². The first-order valence-electron chi connectivity index (χ1n) is 8.15. The van der Waals surface area contributed by atoms with Gasteiger partial charge in [0.1, 0.15) is 5.75 Å². The van der Waals surface area contributed by atoms with Gasteiger partial charge in [-0.2, -0.15) is 13.2 Å². The number of anilines is 1.